The van der Waals surface area contributed by atoms with Gasteiger partial charge in [-0.3, -0.25) is 4.57 Å². The molecule has 0 saturated heterocycles. The maximum Gasteiger partial charge on any atom is 0.137 e. The molecule has 1 aliphatic rings. The van der Waals surface area contributed by atoms with E-state index in [1.54, 1.807) is 0 Å². The van der Waals surface area contributed by atoms with Gasteiger partial charge in [0.2, 0.25) is 0 Å². The van der Waals surface area contributed by atoms with Crippen LogP contribution >= 0.6 is 11.3 Å². The number of aromatic nitrogens is 2. The maximum absolute atomic E-state index is 6.71. The first kappa shape index (κ1) is 29.5. The van der Waals surface area contributed by atoms with Gasteiger partial charge in [0.05, 0.1) is 29.1 Å². The highest BCUT2D eigenvalue weighted by molar-refractivity contribution is 7.26. The van der Waals surface area contributed by atoms with E-state index in [-0.39, 0.29) is 0 Å². The zero-order valence-electron chi connectivity index (χ0n) is 27.9. The highest BCUT2D eigenvalue weighted by Crippen LogP contribution is 2.44. The molecular formula is C45H32N4OS. The molecule has 0 aliphatic carbocycles. The molecule has 0 radical (unpaired) electrons. The van der Waals surface area contributed by atoms with E-state index in [9.17, 15) is 0 Å². The summed E-state index contributed by atoms with van der Waals surface area (Å²) in [6.45, 7) is 0.722. The summed E-state index contributed by atoms with van der Waals surface area (Å²) in [5.74, 6) is 2.43. The molecule has 0 spiro atoms. The van der Waals surface area contributed by atoms with Crippen molar-refractivity contribution in [2.75, 3.05) is 18.6 Å². The summed E-state index contributed by atoms with van der Waals surface area (Å²) in [5.41, 5.74) is 8.04. The molecule has 0 saturated carbocycles. The van der Waals surface area contributed by atoms with Crippen molar-refractivity contribution >= 4 is 70.4 Å². The monoisotopic (exact) mass is 676 g/mol. The summed E-state index contributed by atoms with van der Waals surface area (Å²) in [4.78, 5) is 9.54. The third-order valence-corrected chi connectivity index (χ3v) is 10.9. The van der Waals surface area contributed by atoms with E-state index >= 15 is 0 Å². The lowest BCUT2D eigenvalue weighted by atomic mass is 10.0. The summed E-state index contributed by atoms with van der Waals surface area (Å²) in [6.07, 6.45) is 1.86. The summed E-state index contributed by atoms with van der Waals surface area (Å²) < 4.78 is 11.6. The van der Waals surface area contributed by atoms with Crippen LogP contribution in [0.5, 0.6) is 11.5 Å². The van der Waals surface area contributed by atoms with Crippen LogP contribution in [0.2, 0.25) is 0 Å². The lowest BCUT2D eigenvalue weighted by Crippen LogP contribution is -2.24. The summed E-state index contributed by atoms with van der Waals surface area (Å²) in [5, 5.41) is 4.90. The normalized spacial score (nSPS) is 13.4. The molecule has 0 fully saturated rings. The van der Waals surface area contributed by atoms with Gasteiger partial charge in [0.25, 0.3) is 0 Å². The second-order valence-electron chi connectivity index (χ2n) is 12.9. The van der Waals surface area contributed by atoms with Crippen molar-refractivity contribution in [3.05, 3.63) is 175 Å². The van der Waals surface area contributed by atoms with Crippen molar-refractivity contribution in [1.29, 1.82) is 0 Å². The molecule has 0 N–H and O–H groups in total. The average Bonchev–Trinajstić information content (AvgIpc) is 3.84. The molecule has 0 atom stereocenters. The smallest absolute Gasteiger partial charge is 0.137 e. The standard InChI is InChI=1S/C45H32N4OS/c1-47-29-48(44(31-15-6-3-7-16-31)43(47)30-13-4-2-5-14-30)32-17-12-18-33(27-32)50-34-22-23-35-36-24-25-40-42(37-19-8-9-20-39(37)51-40)45(36)49(38(35)28-34)41-21-10-11-26-46-41/h2-28H,29H2,1H3. The number of benzene rings is 6. The van der Waals surface area contributed by atoms with Crippen molar-refractivity contribution in [2.45, 2.75) is 0 Å². The van der Waals surface area contributed by atoms with Crippen LogP contribution < -0.4 is 9.64 Å². The van der Waals surface area contributed by atoms with Gasteiger partial charge < -0.3 is 14.5 Å². The van der Waals surface area contributed by atoms with E-state index in [1.807, 2.05) is 29.7 Å². The summed E-state index contributed by atoms with van der Waals surface area (Å²) in [6, 6.07) is 55.4. The Hall–Kier alpha value is -6.37. The van der Waals surface area contributed by atoms with Crippen LogP contribution in [0.25, 0.3) is 59.2 Å². The quantitative estimate of drug-likeness (QED) is 0.176. The molecule has 0 bridgehead atoms. The Labute approximate surface area is 299 Å². The minimum absolute atomic E-state index is 0.722. The van der Waals surface area contributed by atoms with Crippen LogP contribution in [0.3, 0.4) is 0 Å². The zero-order chi connectivity index (χ0) is 33.9. The number of nitrogens with zero attached hydrogens (tertiary/aromatic N) is 4. The topological polar surface area (TPSA) is 33.5 Å². The lowest BCUT2D eigenvalue weighted by molar-refractivity contribution is 0.482. The molecule has 4 heterocycles. The van der Waals surface area contributed by atoms with E-state index in [1.165, 1.54) is 59.0 Å². The number of rotatable bonds is 6. The fourth-order valence-electron chi connectivity index (χ4n) is 7.65. The van der Waals surface area contributed by atoms with Crippen LogP contribution in [-0.2, 0) is 0 Å². The number of thiophene rings is 1. The number of hydrogen-bond acceptors (Lipinski definition) is 5. The van der Waals surface area contributed by atoms with Crippen LogP contribution in [0.4, 0.5) is 5.69 Å². The highest BCUT2D eigenvalue weighted by Gasteiger charge is 2.30. The van der Waals surface area contributed by atoms with Gasteiger partial charge in [0, 0.05) is 67.6 Å². The van der Waals surface area contributed by atoms with E-state index in [2.05, 4.69) is 167 Å². The molecule has 9 aromatic rings. The molecule has 6 heteroatoms. The van der Waals surface area contributed by atoms with Crippen LogP contribution in [-0.4, -0.2) is 28.2 Å². The highest BCUT2D eigenvalue weighted by atomic mass is 32.1. The number of fused-ring (bicyclic) bond motifs is 7. The van der Waals surface area contributed by atoms with Crippen molar-refractivity contribution in [2.24, 2.45) is 0 Å². The second kappa shape index (κ2) is 11.9. The molecule has 6 aromatic carbocycles. The van der Waals surface area contributed by atoms with Crippen molar-refractivity contribution in [3.8, 4) is 17.3 Å². The molecule has 0 amide bonds. The van der Waals surface area contributed by atoms with E-state index in [0.29, 0.717) is 0 Å². The Morgan fingerprint density at radius 1 is 0.588 bits per heavy atom. The predicted octanol–water partition coefficient (Wildman–Crippen LogP) is 11.6. The Kier molecular flexibility index (Phi) is 6.89. The van der Waals surface area contributed by atoms with Gasteiger partial charge in [-0.25, -0.2) is 4.98 Å². The predicted molar refractivity (Wildman–Crippen MR) is 213 cm³/mol. The van der Waals surface area contributed by atoms with Gasteiger partial charge in [-0.1, -0.05) is 97.1 Å². The Morgan fingerprint density at radius 2 is 1.31 bits per heavy atom. The van der Waals surface area contributed by atoms with Gasteiger partial charge in [-0.2, -0.15) is 0 Å². The minimum atomic E-state index is 0.722. The number of anilines is 1. The summed E-state index contributed by atoms with van der Waals surface area (Å²) in [7, 11) is 2.16. The van der Waals surface area contributed by atoms with Gasteiger partial charge in [-0.15, -0.1) is 11.3 Å². The third kappa shape index (κ3) is 4.87. The molecule has 51 heavy (non-hydrogen) atoms. The van der Waals surface area contributed by atoms with Crippen LogP contribution in [0.1, 0.15) is 11.1 Å². The molecule has 0 unspecified atom stereocenters. The van der Waals surface area contributed by atoms with Crippen LogP contribution in [0.15, 0.2) is 164 Å². The molecule has 3 aromatic heterocycles. The summed E-state index contributed by atoms with van der Waals surface area (Å²) >= 11 is 1.84. The van der Waals surface area contributed by atoms with Crippen LogP contribution in [0, 0.1) is 0 Å². The Morgan fingerprint density at radius 3 is 2.12 bits per heavy atom. The first-order valence-electron chi connectivity index (χ1n) is 17.1. The fourth-order valence-corrected chi connectivity index (χ4v) is 8.75. The van der Waals surface area contributed by atoms with Gasteiger partial charge in [-0.05, 0) is 54.1 Å². The SMILES string of the molecule is CN1CN(c2cccc(Oc3ccc4c5ccc6sc7ccccc7c6c5n(-c5ccccn5)c4c3)c2)C(c2ccccc2)=C1c1ccccc1. The van der Waals surface area contributed by atoms with Crippen molar-refractivity contribution in [1.82, 2.24) is 14.5 Å². The number of hydrogen-bond donors (Lipinski definition) is 0. The van der Waals surface area contributed by atoms with Crippen molar-refractivity contribution < 1.29 is 4.74 Å². The fraction of sp³-hybridized carbons (Fsp3) is 0.0444. The van der Waals surface area contributed by atoms with Gasteiger partial charge in [0.15, 0.2) is 0 Å². The Balaban J connectivity index is 1.09. The maximum atomic E-state index is 6.71. The van der Waals surface area contributed by atoms with Gasteiger partial charge in [0.1, 0.15) is 17.3 Å². The molecule has 10 rings (SSSR count). The molecule has 244 valence electrons. The molecule has 1 aliphatic heterocycles. The van der Waals surface area contributed by atoms with Crippen molar-refractivity contribution in [3.63, 3.8) is 0 Å². The van der Waals surface area contributed by atoms with E-state index in [0.717, 1.165) is 35.2 Å². The first-order valence-corrected chi connectivity index (χ1v) is 17.9. The first-order chi connectivity index (χ1) is 25.2. The number of ether oxygens (including phenoxy) is 1. The Bertz CT molecular complexity index is 2770. The third-order valence-electron chi connectivity index (χ3n) is 9.81. The van der Waals surface area contributed by atoms with E-state index in [4.69, 9.17) is 9.72 Å². The molecule has 5 nitrogen and oxygen atoms in total. The zero-order valence-corrected chi connectivity index (χ0v) is 28.7. The minimum Gasteiger partial charge on any atom is -0.457 e. The largest absolute Gasteiger partial charge is 0.457 e. The van der Waals surface area contributed by atoms with E-state index < -0.39 is 0 Å². The molecular weight excluding hydrogens is 645 g/mol. The average molecular weight is 677 g/mol. The number of pyridine rings is 1. The van der Waals surface area contributed by atoms with Gasteiger partial charge >= 0.3 is 0 Å². The lowest BCUT2D eigenvalue weighted by Gasteiger charge is -2.23. The second-order valence-corrected chi connectivity index (χ2v) is 14.0.